The molecular weight excluding hydrogens is 195 g/mol. The van der Waals surface area contributed by atoms with Crippen molar-refractivity contribution in [3.05, 3.63) is 24.3 Å². The van der Waals surface area contributed by atoms with Crippen molar-refractivity contribution in [3.63, 3.8) is 0 Å². The van der Waals surface area contributed by atoms with E-state index >= 15 is 0 Å². The summed E-state index contributed by atoms with van der Waals surface area (Å²) >= 11 is 0. The van der Waals surface area contributed by atoms with Crippen molar-refractivity contribution in [2.45, 2.75) is 0 Å². The molecule has 0 aromatic heterocycles. The summed E-state index contributed by atoms with van der Waals surface area (Å²) in [5, 5.41) is 0. The zero-order valence-electron chi connectivity index (χ0n) is 6.54. The largest absolute Gasteiger partial charge is 0.524 e. The molecule has 0 aliphatic carbocycles. The van der Waals surface area contributed by atoms with Gasteiger partial charge in [0.1, 0.15) is 5.75 Å². The van der Waals surface area contributed by atoms with Crippen LogP contribution in [0.2, 0.25) is 0 Å². The van der Waals surface area contributed by atoms with Crippen molar-refractivity contribution in [2.24, 2.45) is 5.84 Å². The molecule has 0 saturated carbocycles. The monoisotopic (exact) mass is 204 g/mol. The highest BCUT2D eigenvalue weighted by Gasteiger charge is 2.15. The molecule has 0 amide bonds. The standard InChI is InChI=1S/C6H9N2O4P/c7-8-5-1-3-6(4-2-5)12-13(9,10)11/h1-4,8H,7H2,(H2,9,10,11). The number of nitrogen functional groups attached to an aromatic ring is 1. The number of nitrogens with two attached hydrogens (primary N) is 1. The highest BCUT2D eigenvalue weighted by molar-refractivity contribution is 7.46. The van der Waals surface area contributed by atoms with E-state index < -0.39 is 7.82 Å². The molecule has 5 N–H and O–H groups in total. The van der Waals surface area contributed by atoms with Gasteiger partial charge in [-0.15, -0.1) is 0 Å². The molecule has 0 atom stereocenters. The zero-order valence-corrected chi connectivity index (χ0v) is 7.44. The van der Waals surface area contributed by atoms with E-state index in [9.17, 15) is 4.57 Å². The summed E-state index contributed by atoms with van der Waals surface area (Å²) in [6.07, 6.45) is 0. The SMILES string of the molecule is NNc1ccc(OP(=O)(O)O)cc1. The molecule has 0 spiro atoms. The van der Waals surface area contributed by atoms with Gasteiger partial charge in [-0.2, -0.15) is 0 Å². The molecule has 7 heteroatoms. The van der Waals surface area contributed by atoms with Gasteiger partial charge in [-0.05, 0) is 24.3 Å². The summed E-state index contributed by atoms with van der Waals surface area (Å²) in [6.45, 7) is 0. The van der Waals surface area contributed by atoms with Crippen LogP contribution in [0.4, 0.5) is 5.69 Å². The van der Waals surface area contributed by atoms with E-state index in [0.29, 0.717) is 5.69 Å². The lowest BCUT2D eigenvalue weighted by atomic mass is 10.3. The van der Waals surface area contributed by atoms with Gasteiger partial charge in [0.2, 0.25) is 0 Å². The summed E-state index contributed by atoms with van der Waals surface area (Å²) in [5.41, 5.74) is 2.99. The van der Waals surface area contributed by atoms with E-state index in [4.69, 9.17) is 15.6 Å². The molecule has 0 saturated heterocycles. The van der Waals surface area contributed by atoms with E-state index in [1.165, 1.54) is 24.3 Å². The van der Waals surface area contributed by atoms with Crippen molar-refractivity contribution in [1.29, 1.82) is 0 Å². The number of hydrogen-bond acceptors (Lipinski definition) is 4. The van der Waals surface area contributed by atoms with Crippen LogP contribution in [0.1, 0.15) is 0 Å². The third kappa shape index (κ3) is 3.43. The highest BCUT2D eigenvalue weighted by atomic mass is 31.2. The minimum absolute atomic E-state index is 0.0901. The van der Waals surface area contributed by atoms with Crippen molar-refractivity contribution in [3.8, 4) is 5.75 Å². The molecule has 0 heterocycles. The number of anilines is 1. The maximum absolute atomic E-state index is 10.4. The maximum Gasteiger partial charge on any atom is 0.524 e. The molecule has 1 rings (SSSR count). The molecule has 0 bridgehead atoms. The third-order valence-corrected chi connectivity index (χ3v) is 1.69. The fourth-order valence-electron chi connectivity index (χ4n) is 0.749. The zero-order chi connectivity index (χ0) is 9.90. The van der Waals surface area contributed by atoms with Gasteiger partial charge in [-0.1, -0.05) is 0 Å². The first-order valence-corrected chi connectivity index (χ1v) is 4.86. The average molecular weight is 204 g/mol. The van der Waals surface area contributed by atoms with Gasteiger partial charge < -0.3 is 9.95 Å². The second-order valence-corrected chi connectivity index (χ2v) is 3.41. The molecule has 0 aliphatic rings. The molecule has 0 radical (unpaired) electrons. The molecule has 72 valence electrons. The van der Waals surface area contributed by atoms with E-state index in [2.05, 4.69) is 9.95 Å². The van der Waals surface area contributed by atoms with E-state index in [0.717, 1.165) is 0 Å². The fraction of sp³-hybridized carbons (Fsp3) is 0. The Morgan fingerprint density at radius 2 is 1.85 bits per heavy atom. The molecule has 6 nitrogen and oxygen atoms in total. The predicted molar refractivity (Wildman–Crippen MR) is 46.9 cm³/mol. The Morgan fingerprint density at radius 3 is 2.23 bits per heavy atom. The van der Waals surface area contributed by atoms with Gasteiger partial charge >= 0.3 is 7.82 Å². The van der Waals surface area contributed by atoms with Crippen molar-refractivity contribution < 1.29 is 18.9 Å². The van der Waals surface area contributed by atoms with E-state index in [1.54, 1.807) is 0 Å². The summed E-state index contributed by atoms with van der Waals surface area (Å²) in [6, 6.07) is 5.86. The summed E-state index contributed by atoms with van der Waals surface area (Å²) in [7, 11) is -4.46. The molecule has 1 aromatic carbocycles. The van der Waals surface area contributed by atoms with Gasteiger partial charge in [-0.3, -0.25) is 15.6 Å². The minimum atomic E-state index is -4.46. The van der Waals surface area contributed by atoms with Crippen LogP contribution in [-0.2, 0) is 4.57 Å². The topological polar surface area (TPSA) is 105 Å². The van der Waals surface area contributed by atoms with Gasteiger partial charge in [0, 0.05) is 5.69 Å². The van der Waals surface area contributed by atoms with Gasteiger partial charge in [0.25, 0.3) is 0 Å². The van der Waals surface area contributed by atoms with Crippen LogP contribution in [0.25, 0.3) is 0 Å². The Balaban J connectivity index is 2.76. The van der Waals surface area contributed by atoms with Gasteiger partial charge in [0.15, 0.2) is 0 Å². The summed E-state index contributed by atoms with van der Waals surface area (Å²) in [4.78, 5) is 16.9. The van der Waals surface area contributed by atoms with Crippen LogP contribution in [0.5, 0.6) is 5.75 Å². The number of phosphoric acid groups is 1. The Bertz CT molecular complexity index is 320. The van der Waals surface area contributed by atoms with Crippen LogP contribution >= 0.6 is 7.82 Å². The van der Waals surface area contributed by atoms with Gasteiger partial charge in [0.05, 0.1) is 0 Å². The lowest BCUT2D eigenvalue weighted by Crippen LogP contribution is -2.06. The summed E-state index contributed by atoms with van der Waals surface area (Å²) < 4.78 is 14.7. The Hall–Kier alpha value is -1.07. The van der Waals surface area contributed by atoms with Crippen LogP contribution in [0, 0.1) is 0 Å². The fourth-order valence-corrected chi connectivity index (χ4v) is 1.15. The molecule has 0 aliphatic heterocycles. The lowest BCUT2D eigenvalue weighted by molar-refractivity contribution is 0.283. The lowest BCUT2D eigenvalue weighted by Gasteiger charge is -2.06. The molecule has 0 fully saturated rings. The minimum Gasteiger partial charge on any atom is -0.404 e. The van der Waals surface area contributed by atoms with Crippen LogP contribution in [-0.4, -0.2) is 9.79 Å². The Morgan fingerprint density at radius 1 is 1.31 bits per heavy atom. The first-order chi connectivity index (χ1) is 6.01. The first kappa shape index (κ1) is 10.0. The molecular formula is C6H9N2O4P. The number of nitrogens with one attached hydrogen (secondary N) is 1. The Labute approximate surface area is 74.5 Å². The van der Waals surface area contributed by atoms with Crippen LogP contribution < -0.4 is 15.8 Å². The first-order valence-electron chi connectivity index (χ1n) is 3.33. The molecule has 0 unspecified atom stereocenters. The summed E-state index contributed by atoms with van der Waals surface area (Å²) in [5.74, 6) is 5.17. The third-order valence-electron chi connectivity index (χ3n) is 1.25. The number of benzene rings is 1. The van der Waals surface area contributed by atoms with Crippen LogP contribution in [0.15, 0.2) is 24.3 Å². The van der Waals surface area contributed by atoms with E-state index in [1.807, 2.05) is 0 Å². The average Bonchev–Trinajstić information content (AvgIpc) is 2.03. The highest BCUT2D eigenvalue weighted by Crippen LogP contribution is 2.37. The molecule has 13 heavy (non-hydrogen) atoms. The second-order valence-electron chi connectivity index (χ2n) is 2.25. The second kappa shape index (κ2) is 3.76. The van der Waals surface area contributed by atoms with E-state index in [-0.39, 0.29) is 5.75 Å². The number of hydrogen-bond donors (Lipinski definition) is 4. The number of rotatable bonds is 3. The quantitative estimate of drug-likeness (QED) is 0.323. The normalized spacial score (nSPS) is 11.0. The molecule has 1 aromatic rings. The van der Waals surface area contributed by atoms with Crippen molar-refractivity contribution in [1.82, 2.24) is 0 Å². The van der Waals surface area contributed by atoms with Crippen molar-refractivity contribution in [2.75, 3.05) is 5.43 Å². The van der Waals surface area contributed by atoms with Crippen LogP contribution in [0.3, 0.4) is 0 Å². The smallest absolute Gasteiger partial charge is 0.404 e. The number of phosphoric ester groups is 1. The maximum atomic E-state index is 10.4. The van der Waals surface area contributed by atoms with Crippen molar-refractivity contribution >= 4 is 13.5 Å². The predicted octanol–water partition coefficient (Wildman–Crippen LogP) is 0.444. The van der Waals surface area contributed by atoms with Gasteiger partial charge in [-0.25, -0.2) is 4.57 Å². The Kier molecular flexibility index (Phi) is 2.90. The number of hydrazine groups is 1.